The summed E-state index contributed by atoms with van der Waals surface area (Å²) in [7, 11) is 4.57. The highest BCUT2D eigenvalue weighted by Crippen LogP contribution is 2.37. The number of ether oxygens (including phenoxy) is 3. The number of methoxy groups -OCH3 is 3. The lowest BCUT2D eigenvalue weighted by Crippen LogP contribution is -2.36. The molecule has 0 spiro atoms. The second-order valence-electron chi connectivity index (χ2n) is 6.27. The van der Waals surface area contributed by atoms with E-state index in [-0.39, 0.29) is 4.91 Å². The molecule has 0 unspecified atom stereocenters. The van der Waals surface area contributed by atoms with Crippen molar-refractivity contribution in [1.82, 2.24) is 4.90 Å². The van der Waals surface area contributed by atoms with Gasteiger partial charge in [0.1, 0.15) is 23.8 Å². The summed E-state index contributed by atoms with van der Waals surface area (Å²) in [6.45, 7) is -0.391. The third-order valence-corrected chi connectivity index (χ3v) is 5.87. The maximum Gasteiger partial charge on any atom is 0.294 e. The van der Waals surface area contributed by atoms with Crippen LogP contribution in [0.3, 0.4) is 0 Å². The Morgan fingerprint density at radius 1 is 1.06 bits per heavy atom. The Morgan fingerprint density at radius 3 is 2.35 bits per heavy atom. The highest BCUT2D eigenvalue weighted by molar-refractivity contribution is 9.10. The Kier molecular flexibility index (Phi) is 7.24. The van der Waals surface area contributed by atoms with Gasteiger partial charge in [-0.05, 0) is 64.1 Å². The van der Waals surface area contributed by atoms with Crippen LogP contribution in [0.25, 0.3) is 6.08 Å². The fourth-order valence-electron chi connectivity index (χ4n) is 2.79. The molecule has 1 N–H and O–H groups in total. The Bertz CT molecular complexity index is 1050. The molecule has 10 heteroatoms. The molecule has 0 bridgehead atoms. The third-order valence-electron chi connectivity index (χ3n) is 4.34. The monoisotopic (exact) mass is 506 g/mol. The van der Waals surface area contributed by atoms with Crippen molar-refractivity contribution >= 4 is 56.5 Å². The number of nitrogens with one attached hydrogen (secondary N) is 1. The predicted octanol–water partition coefficient (Wildman–Crippen LogP) is 4.15. The first kappa shape index (κ1) is 22.7. The molecule has 1 aliphatic rings. The quantitative estimate of drug-likeness (QED) is 0.563. The van der Waals surface area contributed by atoms with Crippen LogP contribution in [0.1, 0.15) is 5.56 Å². The largest absolute Gasteiger partial charge is 0.497 e. The normalized spacial score (nSPS) is 14.7. The first-order valence-corrected chi connectivity index (χ1v) is 10.6. The van der Waals surface area contributed by atoms with Crippen LogP contribution in [-0.2, 0) is 9.59 Å². The zero-order valence-electron chi connectivity index (χ0n) is 16.9. The van der Waals surface area contributed by atoms with Gasteiger partial charge in [0.25, 0.3) is 11.1 Å². The van der Waals surface area contributed by atoms with E-state index in [0.717, 1.165) is 16.7 Å². The number of thioether (sulfide) groups is 1. The number of benzene rings is 2. The molecule has 0 saturated carbocycles. The molecule has 0 radical (unpaired) electrons. The standard InChI is InChI=1S/C21H19BrN2O6S/c1-28-14-6-4-13(5-7-14)23-19(25)11-24-20(26)18(31-21(24)27)9-12-8-15(22)17(30-3)10-16(12)29-2/h4-10H,11H2,1-3H3,(H,23,25)/b18-9+. The minimum absolute atomic E-state index is 0.192. The number of amides is 3. The van der Waals surface area contributed by atoms with Crippen molar-refractivity contribution in [2.24, 2.45) is 0 Å². The number of carbonyl (C=O) groups is 3. The van der Waals surface area contributed by atoms with Gasteiger partial charge in [-0.1, -0.05) is 0 Å². The summed E-state index contributed by atoms with van der Waals surface area (Å²) in [5.74, 6) is 0.656. The van der Waals surface area contributed by atoms with Crippen molar-refractivity contribution in [2.45, 2.75) is 0 Å². The lowest BCUT2D eigenvalue weighted by atomic mass is 10.1. The maximum atomic E-state index is 12.7. The van der Waals surface area contributed by atoms with Crippen LogP contribution in [0.4, 0.5) is 10.5 Å². The second-order valence-corrected chi connectivity index (χ2v) is 8.12. The molecule has 2 aromatic carbocycles. The summed E-state index contributed by atoms with van der Waals surface area (Å²) < 4.78 is 16.3. The second kappa shape index (κ2) is 9.88. The number of rotatable bonds is 7. The molecule has 0 aromatic heterocycles. The van der Waals surface area contributed by atoms with E-state index in [0.29, 0.717) is 33.0 Å². The molecule has 162 valence electrons. The molecular weight excluding hydrogens is 488 g/mol. The van der Waals surface area contributed by atoms with Crippen molar-refractivity contribution < 1.29 is 28.6 Å². The van der Waals surface area contributed by atoms with Gasteiger partial charge >= 0.3 is 0 Å². The molecule has 1 saturated heterocycles. The average Bonchev–Trinajstić information content (AvgIpc) is 3.01. The molecule has 1 fully saturated rings. The van der Waals surface area contributed by atoms with Gasteiger partial charge < -0.3 is 19.5 Å². The van der Waals surface area contributed by atoms with E-state index in [4.69, 9.17) is 14.2 Å². The first-order chi connectivity index (χ1) is 14.9. The van der Waals surface area contributed by atoms with Crippen LogP contribution in [-0.4, -0.2) is 49.8 Å². The molecule has 0 aliphatic carbocycles. The van der Waals surface area contributed by atoms with Gasteiger partial charge in [0.2, 0.25) is 5.91 Å². The fourth-order valence-corrected chi connectivity index (χ4v) is 4.14. The van der Waals surface area contributed by atoms with E-state index in [2.05, 4.69) is 21.2 Å². The molecule has 1 heterocycles. The molecule has 3 rings (SSSR count). The predicted molar refractivity (Wildman–Crippen MR) is 122 cm³/mol. The van der Waals surface area contributed by atoms with E-state index < -0.39 is 23.6 Å². The van der Waals surface area contributed by atoms with Crippen molar-refractivity contribution in [3.63, 3.8) is 0 Å². The number of halogens is 1. The van der Waals surface area contributed by atoms with Gasteiger partial charge in [-0.25, -0.2) is 0 Å². The van der Waals surface area contributed by atoms with Crippen LogP contribution in [0.5, 0.6) is 17.2 Å². The SMILES string of the molecule is COc1ccc(NC(=O)CN2C(=O)S/C(=C/c3cc(Br)c(OC)cc3OC)C2=O)cc1. The van der Waals surface area contributed by atoms with Crippen molar-refractivity contribution in [1.29, 1.82) is 0 Å². The highest BCUT2D eigenvalue weighted by Gasteiger charge is 2.36. The summed E-state index contributed by atoms with van der Waals surface area (Å²) in [4.78, 5) is 38.5. The van der Waals surface area contributed by atoms with Crippen LogP contribution < -0.4 is 19.5 Å². The van der Waals surface area contributed by atoms with Gasteiger partial charge in [0.15, 0.2) is 0 Å². The van der Waals surface area contributed by atoms with Crippen molar-refractivity contribution in [3.8, 4) is 17.2 Å². The Labute approximate surface area is 191 Å². The minimum Gasteiger partial charge on any atom is -0.497 e. The number of anilines is 1. The van der Waals surface area contributed by atoms with Gasteiger partial charge in [0.05, 0.1) is 30.7 Å². The molecule has 3 amide bonds. The zero-order chi connectivity index (χ0) is 22.5. The summed E-state index contributed by atoms with van der Waals surface area (Å²) in [6, 6.07) is 10.1. The minimum atomic E-state index is -0.547. The van der Waals surface area contributed by atoms with Gasteiger partial charge in [-0.2, -0.15) is 0 Å². The lowest BCUT2D eigenvalue weighted by Gasteiger charge is -2.13. The molecule has 1 aliphatic heterocycles. The van der Waals surface area contributed by atoms with Gasteiger partial charge in [-0.3, -0.25) is 19.3 Å². The fraction of sp³-hybridized carbons (Fsp3) is 0.190. The van der Waals surface area contributed by atoms with E-state index in [1.54, 1.807) is 49.6 Å². The Balaban J connectivity index is 1.74. The molecule has 0 atom stereocenters. The summed E-state index contributed by atoms with van der Waals surface area (Å²) in [5, 5.41) is 2.13. The smallest absolute Gasteiger partial charge is 0.294 e. The first-order valence-electron chi connectivity index (χ1n) is 8.97. The van der Waals surface area contributed by atoms with Crippen LogP contribution in [0.15, 0.2) is 45.8 Å². The van der Waals surface area contributed by atoms with Gasteiger partial charge in [-0.15, -0.1) is 0 Å². The number of carbonyl (C=O) groups excluding carboxylic acids is 3. The summed E-state index contributed by atoms with van der Waals surface area (Å²) in [5.41, 5.74) is 1.12. The van der Waals surface area contributed by atoms with E-state index in [9.17, 15) is 14.4 Å². The lowest BCUT2D eigenvalue weighted by molar-refractivity contribution is -0.127. The summed E-state index contributed by atoms with van der Waals surface area (Å²) >= 11 is 4.16. The van der Waals surface area contributed by atoms with E-state index in [1.165, 1.54) is 14.2 Å². The zero-order valence-corrected chi connectivity index (χ0v) is 19.3. The number of hydrogen-bond acceptors (Lipinski definition) is 7. The topological polar surface area (TPSA) is 94.2 Å². The average molecular weight is 507 g/mol. The number of hydrogen-bond donors (Lipinski definition) is 1. The van der Waals surface area contributed by atoms with Crippen LogP contribution in [0.2, 0.25) is 0 Å². The maximum absolute atomic E-state index is 12.7. The number of imide groups is 1. The molecule has 2 aromatic rings. The van der Waals surface area contributed by atoms with Gasteiger partial charge in [0, 0.05) is 17.3 Å². The third kappa shape index (κ3) is 5.20. The Hall–Kier alpha value is -2.98. The molecule has 8 nitrogen and oxygen atoms in total. The van der Waals surface area contributed by atoms with Crippen LogP contribution >= 0.6 is 27.7 Å². The molecule has 31 heavy (non-hydrogen) atoms. The van der Waals surface area contributed by atoms with Crippen LogP contribution in [0, 0.1) is 0 Å². The number of nitrogens with zero attached hydrogens (tertiary/aromatic N) is 1. The summed E-state index contributed by atoms with van der Waals surface area (Å²) in [6.07, 6.45) is 1.55. The van der Waals surface area contributed by atoms with Crippen molar-refractivity contribution in [2.75, 3.05) is 33.2 Å². The van der Waals surface area contributed by atoms with Crippen molar-refractivity contribution in [3.05, 3.63) is 51.3 Å². The van der Waals surface area contributed by atoms with E-state index in [1.807, 2.05) is 0 Å². The van der Waals surface area contributed by atoms with E-state index >= 15 is 0 Å². The Morgan fingerprint density at radius 2 is 1.74 bits per heavy atom. The highest BCUT2D eigenvalue weighted by atomic mass is 79.9. The molecular formula is C21H19BrN2O6S.